The van der Waals surface area contributed by atoms with E-state index in [9.17, 15) is 9.59 Å². The molecule has 2 N–H and O–H groups in total. The Morgan fingerprint density at radius 2 is 1.56 bits per heavy atom. The van der Waals surface area contributed by atoms with E-state index in [4.69, 9.17) is 0 Å². The molecule has 0 saturated heterocycles. The van der Waals surface area contributed by atoms with Gasteiger partial charge in [0.1, 0.15) is 0 Å². The molecule has 0 aromatic carbocycles. The van der Waals surface area contributed by atoms with Gasteiger partial charge in [0.2, 0.25) is 11.8 Å². The first-order valence-electron chi connectivity index (χ1n) is 7.05. The van der Waals surface area contributed by atoms with Crippen molar-refractivity contribution in [1.82, 2.24) is 10.6 Å². The molecule has 0 aromatic rings. The third kappa shape index (κ3) is 9.02. The second kappa shape index (κ2) is 11.1. The zero-order valence-electron chi connectivity index (χ0n) is 12.1. The predicted octanol–water partition coefficient (Wildman–Crippen LogP) is 2.24. The van der Waals surface area contributed by atoms with Crippen molar-refractivity contribution in [2.24, 2.45) is 5.92 Å². The van der Waals surface area contributed by atoms with E-state index >= 15 is 0 Å². The number of unbranched alkanes of at least 4 members (excludes halogenated alkanes) is 3. The lowest BCUT2D eigenvalue weighted by Gasteiger charge is -2.13. The summed E-state index contributed by atoms with van der Waals surface area (Å²) >= 11 is 0. The van der Waals surface area contributed by atoms with E-state index in [0.717, 1.165) is 38.5 Å². The average Bonchev–Trinajstić information content (AvgIpc) is 2.40. The highest BCUT2D eigenvalue weighted by atomic mass is 16.2. The number of nitrogens with one attached hydrogen (secondary N) is 2. The van der Waals surface area contributed by atoms with Crippen LogP contribution in [0.5, 0.6) is 0 Å². The summed E-state index contributed by atoms with van der Waals surface area (Å²) in [6.07, 6.45) is 7.83. The van der Waals surface area contributed by atoms with Crippen molar-refractivity contribution in [1.29, 1.82) is 0 Å². The minimum atomic E-state index is 0.126. The molecule has 2 amide bonds. The average molecular weight is 256 g/mol. The molecule has 0 aliphatic carbocycles. The Hall–Kier alpha value is -1.06. The van der Waals surface area contributed by atoms with Crippen LogP contribution in [0.4, 0.5) is 0 Å². The Labute approximate surface area is 111 Å². The molecule has 0 rings (SSSR count). The molecule has 0 saturated carbocycles. The van der Waals surface area contributed by atoms with E-state index in [1.807, 2.05) is 0 Å². The van der Waals surface area contributed by atoms with Crippen LogP contribution in [0, 0.1) is 5.92 Å². The summed E-state index contributed by atoms with van der Waals surface area (Å²) in [4.78, 5) is 22.3. The molecule has 0 fully saturated rings. The van der Waals surface area contributed by atoms with Crippen LogP contribution in [0.1, 0.15) is 58.3 Å². The Morgan fingerprint density at radius 1 is 0.944 bits per heavy atom. The van der Waals surface area contributed by atoms with Gasteiger partial charge in [-0.05, 0) is 18.8 Å². The van der Waals surface area contributed by atoms with Gasteiger partial charge in [0.15, 0.2) is 0 Å². The van der Waals surface area contributed by atoms with Crippen LogP contribution in [0.2, 0.25) is 0 Å². The van der Waals surface area contributed by atoms with Crippen LogP contribution < -0.4 is 10.6 Å². The number of hydrogen-bond donors (Lipinski definition) is 2. The van der Waals surface area contributed by atoms with Gasteiger partial charge in [0.05, 0.1) is 0 Å². The number of amides is 2. The molecule has 0 aliphatic heterocycles. The van der Waals surface area contributed by atoms with Crippen LogP contribution in [-0.4, -0.2) is 25.9 Å². The van der Waals surface area contributed by atoms with E-state index in [1.165, 1.54) is 0 Å². The van der Waals surface area contributed by atoms with E-state index < -0.39 is 0 Å². The molecule has 106 valence electrons. The Kier molecular flexibility index (Phi) is 10.4. The number of rotatable bonds is 10. The van der Waals surface area contributed by atoms with E-state index in [-0.39, 0.29) is 11.8 Å². The van der Waals surface area contributed by atoms with Gasteiger partial charge in [-0.2, -0.15) is 0 Å². The zero-order valence-corrected chi connectivity index (χ0v) is 12.1. The minimum absolute atomic E-state index is 0.126. The molecular formula is C14H28N2O2. The largest absolute Gasteiger partial charge is 0.359 e. The number of carbonyl (C=O) groups is 2. The first-order chi connectivity index (χ1) is 8.63. The topological polar surface area (TPSA) is 58.2 Å². The Balaban J connectivity index is 3.50. The number of carbonyl (C=O) groups excluding carboxylic acids is 2. The molecule has 0 spiro atoms. The van der Waals surface area contributed by atoms with Gasteiger partial charge >= 0.3 is 0 Å². The van der Waals surface area contributed by atoms with Gasteiger partial charge in [-0.3, -0.25) is 9.59 Å². The van der Waals surface area contributed by atoms with Crippen molar-refractivity contribution in [3.8, 4) is 0 Å². The molecule has 4 heteroatoms. The first-order valence-corrected chi connectivity index (χ1v) is 7.05. The standard InChI is InChI=1S/C14H28N2O2/c1-4-12(11-14(18)16-3)9-7-5-6-8-10-13(17)15-2/h12H,4-11H2,1-3H3,(H,15,17)(H,16,18). The SMILES string of the molecule is CCC(CCCCCCC(=O)NC)CC(=O)NC. The van der Waals surface area contributed by atoms with Crippen molar-refractivity contribution in [2.75, 3.05) is 14.1 Å². The van der Waals surface area contributed by atoms with Crippen LogP contribution in [0.25, 0.3) is 0 Å². The maximum absolute atomic E-state index is 11.3. The van der Waals surface area contributed by atoms with Gasteiger partial charge < -0.3 is 10.6 Å². The van der Waals surface area contributed by atoms with Gasteiger partial charge in [-0.25, -0.2) is 0 Å². The fraction of sp³-hybridized carbons (Fsp3) is 0.857. The van der Waals surface area contributed by atoms with Crippen molar-refractivity contribution in [3.63, 3.8) is 0 Å². The van der Waals surface area contributed by atoms with E-state index in [1.54, 1.807) is 14.1 Å². The lowest BCUT2D eigenvalue weighted by molar-refractivity contribution is -0.122. The van der Waals surface area contributed by atoms with Gasteiger partial charge in [-0.1, -0.05) is 32.6 Å². The van der Waals surface area contributed by atoms with Crippen molar-refractivity contribution in [2.45, 2.75) is 58.3 Å². The third-order valence-corrected chi connectivity index (χ3v) is 3.38. The molecule has 0 heterocycles. The first kappa shape index (κ1) is 16.9. The Morgan fingerprint density at radius 3 is 2.11 bits per heavy atom. The summed E-state index contributed by atoms with van der Waals surface area (Å²) in [5, 5.41) is 5.30. The summed E-state index contributed by atoms with van der Waals surface area (Å²) < 4.78 is 0. The van der Waals surface area contributed by atoms with Crippen LogP contribution >= 0.6 is 0 Å². The second-order valence-corrected chi connectivity index (χ2v) is 4.78. The molecule has 0 aromatic heterocycles. The molecule has 0 aliphatic rings. The molecule has 0 radical (unpaired) electrons. The maximum Gasteiger partial charge on any atom is 0.220 e. The van der Waals surface area contributed by atoms with Gasteiger partial charge in [0.25, 0.3) is 0 Å². The van der Waals surface area contributed by atoms with E-state index in [2.05, 4.69) is 17.6 Å². The summed E-state index contributed by atoms with van der Waals surface area (Å²) in [6.45, 7) is 2.14. The molecule has 18 heavy (non-hydrogen) atoms. The van der Waals surface area contributed by atoms with Crippen LogP contribution in [-0.2, 0) is 9.59 Å². The Bertz CT molecular complexity index is 242. The molecule has 1 atom stereocenters. The lowest BCUT2D eigenvalue weighted by atomic mass is 9.94. The smallest absolute Gasteiger partial charge is 0.220 e. The summed E-state index contributed by atoms with van der Waals surface area (Å²) in [5.41, 5.74) is 0. The van der Waals surface area contributed by atoms with Gasteiger partial charge in [-0.15, -0.1) is 0 Å². The van der Waals surface area contributed by atoms with Gasteiger partial charge in [0, 0.05) is 26.9 Å². The monoisotopic (exact) mass is 256 g/mol. The summed E-state index contributed by atoms with van der Waals surface area (Å²) in [7, 11) is 3.36. The third-order valence-electron chi connectivity index (χ3n) is 3.38. The fourth-order valence-corrected chi connectivity index (χ4v) is 2.01. The highest BCUT2D eigenvalue weighted by Crippen LogP contribution is 2.17. The molecular weight excluding hydrogens is 228 g/mol. The zero-order chi connectivity index (χ0) is 13.8. The summed E-state index contributed by atoms with van der Waals surface area (Å²) in [6, 6.07) is 0. The van der Waals surface area contributed by atoms with E-state index in [0.29, 0.717) is 18.8 Å². The minimum Gasteiger partial charge on any atom is -0.359 e. The maximum atomic E-state index is 11.3. The quantitative estimate of drug-likeness (QED) is 0.589. The number of hydrogen-bond acceptors (Lipinski definition) is 2. The van der Waals surface area contributed by atoms with Crippen LogP contribution in [0.3, 0.4) is 0 Å². The highest BCUT2D eigenvalue weighted by Gasteiger charge is 2.10. The molecule has 0 bridgehead atoms. The van der Waals surface area contributed by atoms with Crippen molar-refractivity contribution >= 4 is 11.8 Å². The molecule has 1 unspecified atom stereocenters. The van der Waals surface area contributed by atoms with Crippen molar-refractivity contribution < 1.29 is 9.59 Å². The summed E-state index contributed by atoms with van der Waals surface area (Å²) in [5.74, 6) is 0.770. The lowest BCUT2D eigenvalue weighted by Crippen LogP contribution is -2.21. The predicted molar refractivity (Wildman–Crippen MR) is 74.2 cm³/mol. The fourth-order valence-electron chi connectivity index (χ4n) is 2.01. The highest BCUT2D eigenvalue weighted by molar-refractivity contribution is 5.75. The molecule has 4 nitrogen and oxygen atoms in total. The second-order valence-electron chi connectivity index (χ2n) is 4.78. The van der Waals surface area contributed by atoms with Crippen molar-refractivity contribution in [3.05, 3.63) is 0 Å². The normalized spacial score (nSPS) is 11.9. The van der Waals surface area contributed by atoms with Crippen LogP contribution in [0.15, 0.2) is 0 Å².